The van der Waals surface area contributed by atoms with Crippen LogP contribution in [0.3, 0.4) is 0 Å². The van der Waals surface area contributed by atoms with Gasteiger partial charge in [0.1, 0.15) is 5.75 Å². The SMILES string of the molecule is CSc1ccc(O[C@@H](C)C(=O)Nc2cccc(C)c2)cc1. The van der Waals surface area contributed by atoms with Crippen LogP contribution in [0, 0.1) is 6.92 Å². The van der Waals surface area contributed by atoms with Gasteiger partial charge >= 0.3 is 0 Å². The smallest absolute Gasteiger partial charge is 0.265 e. The van der Waals surface area contributed by atoms with Crippen molar-refractivity contribution in [3.8, 4) is 5.75 Å². The largest absolute Gasteiger partial charge is 0.481 e. The maximum Gasteiger partial charge on any atom is 0.265 e. The fourth-order valence-corrected chi connectivity index (χ4v) is 2.29. The Kier molecular flexibility index (Phi) is 5.28. The number of amides is 1. The number of thioether (sulfide) groups is 1. The van der Waals surface area contributed by atoms with Crippen molar-refractivity contribution < 1.29 is 9.53 Å². The fraction of sp³-hybridized carbons (Fsp3) is 0.235. The van der Waals surface area contributed by atoms with Gasteiger partial charge in [-0.1, -0.05) is 12.1 Å². The topological polar surface area (TPSA) is 38.3 Å². The van der Waals surface area contributed by atoms with Gasteiger partial charge in [0.2, 0.25) is 0 Å². The predicted octanol–water partition coefficient (Wildman–Crippen LogP) is 4.12. The molecule has 0 fully saturated rings. The van der Waals surface area contributed by atoms with Crippen LogP contribution in [0.2, 0.25) is 0 Å². The molecule has 2 aromatic rings. The zero-order chi connectivity index (χ0) is 15.2. The van der Waals surface area contributed by atoms with Gasteiger partial charge in [-0.3, -0.25) is 4.79 Å². The van der Waals surface area contributed by atoms with E-state index >= 15 is 0 Å². The Bertz CT molecular complexity index is 610. The van der Waals surface area contributed by atoms with Gasteiger partial charge in [-0.25, -0.2) is 0 Å². The van der Waals surface area contributed by atoms with Crippen molar-refractivity contribution in [3.05, 3.63) is 54.1 Å². The summed E-state index contributed by atoms with van der Waals surface area (Å²) >= 11 is 1.67. The van der Waals surface area contributed by atoms with Crippen molar-refractivity contribution in [3.63, 3.8) is 0 Å². The van der Waals surface area contributed by atoms with E-state index in [-0.39, 0.29) is 5.91 Å². The summed E-state index contributed by atoms with van der Waals surface area (Å²) < 4.78 is 5.66. The van der Waals surface area contributed by atoms with Crippen molar-refractivity contribution in [1.82, 2.24) is 0 Å². The number of anilines is 1. The van der Waals surface area contributed by atoms with E-state index in [1.165, 1.54) is 4.90 Å². The minimum atomic E-state index is -0.550. The van der Waals surface area contributed by atoms with Crippen LogP contribution in [0.15, 0.2) is 53.4 Å². The molecule has 0 aliphatic carbocycles. The fourth-order valence-electron chi connectivity index (χ4n) is 1.88. The predicted molar refractivity (Wildman–Crippen MR) is 88.1 cm³/mol. The first-order valence-electron chi connectivity index (χ1n) is 6.77. The van der Waals surface area contributed by atoms with Crippen LogP contribution in [0.25, 0.3) is 0 Å². The van der Waals surface area contributed by atoms with Gasteiger partial charge in [-0.2, -0.15) is 0 Å². The van der Waals surface area contributed by atoms with Crippen molar-refractivity contribution in [2.24, 2.45) is 0 Å². The Labute approximate surface area is 129 Å². The van der Waals surface area contributed by atoms with E-state index in [4.69, 9.17) is 4.74 Å². The second-order valence-electron chi connectivity index (χ2n) is 4.79. The lowest BCUT2D eigenvalue weighted by atomic mass is 10.2. The van der Waals surface area contributed by atoms with E-state index in [0.717, 1.165) is 11.3 Å². The number of hydrogen-bond donors (Lipinski definition) is 1. The second-order valence-corrected chi connectivity index (χ2v) is 5.67. The quantitative estimate of drug-likeness (QED) is 0.844. The highest BCUT2D eigenvalue weighted by Gasteiger charge is 2.14. The maximum atomic E-state index is 12.1. The molecule has 0 unspecified atom stereocenters. The highest BCUT2D eigenvalue weighted by atomic mass is 32.2. The van der Waals surface area contributed by atoms with Gasteiger partial charge in [0, 0.05) is 10.6 Å². The molecule has 0 heterocycles. The molecule has 0 aliphatic heterocycles. The maximum absolute atomic E-state index is 12.1. The molecule has 21 heavy (non-hydrogen) atoms. The molecule has 1 atom stereocenters. The van der Waals surface area contributed by atoms with Gasteiger partial charge in [-0.15, -0.1) is 11.8 Å². The molecule has 1 N–H and O–H groups in total. The Morgan fingerprint density at radius 3 is 2.52 bits per heavy atom. The molecule has 0 aliphatic rings. The highest BCUT2D eigenvalue weighted by molar-refractivity contribution is 7.98. The zero-order valence-electron chi connectivity index (χ0n) is 12.4. The molecule has 1 amide bonds. The summed E-state index contributed by atoms with van der Waals surface area (Å²) in [6, 6.07) is 15.4. The molecule has 0 aromatic heterocycles. The molecule has 0 spiro atoms. The monoisotopic (exact) mass is 301 g/mol. The van der Waals surface area contributed by atoms with Gasteiger partial charge in [0.25, 0.3) is 5.91 Å². The number of carbonyl (C=O) groups is 1. The first-order valence-corrected chi connectivity index (χ1v) is 7.99. The average molecular weight is 301 g/mol. The van der Waals surface area contributed by atoms with Crippen LogP contribution in [0.5, 0.6) is 5.75 Å². The summed E-state index contributed by atoms with van der Waals surface area (Å²) in [5.41, 5.74) is 1.89. The summed E-state index contributed by atoms with van der Waals surface area (Å²) in [6.45, 7) is 3.73. The average Bonchev–Trinajstić information content (AvgIpc) is 2.48. The van der Waals surface area contributed by atoms with Crippen LogP contribution in [0.4, 0.5) is 5.69 Å². The first kappa shape index (κ1) is 15.4. The number of benzene rings is 2. The summed E-state index contributed by atoms with van der Waals surface area (Å²) in [7, 11) is 0. The summed E-state index contributed by atoms with van der Waals surface area (Å²) in [5, 5.41) is 2.86. The minimum absolute atomic E-state index is 0.158. The molecule has 2 rings (SSSR count). The third-order valence-corrected chi connectivity index (χ3v) is 3.77. The third kappa shape index (κ3) is 4.53. The Morgan fingerprint density at radius 1 is 1.19 bits per heavy atom. The molecule has 3 nitrogen and oxygen atoms in total. The van der Waals surface area contributed by atoms with E-state index in [1.807, 2.05) is 61.7 Å². The van der Waals surface area contributed by atoms with Crippen molar-refractivity contribution in [2.45, 2.75) is 24.8 Å². The van der Waals surface area contributed by atoms with Crippen molar-refractivity contribution in [1.29, 1.82) is 0 Å². The van der Waals surface area contributed by atoms with E-state index in [1.54, 1.807) is 18.7 Å². The molecule has 0 saturated carbocycles. The number of rotatable bonds is 5. The van der Waals surface area contributed by atoms with Gasteiger partial charge in [0.15, 0.2) is 6.10 Å². The van der Waals surface area contributed by atoms with Crippen LogP contribution < -0.4 is 10.1 Å². The van der Waals surface area contributed by atoms with Crippen molar-refractivity contribution in [2.75, 3.05) is 11.6 Å². The molecular weight excluding hydrogens is 282 g/mol. The minimum Gasteiger partial charge on any atom is -0.481 e. The third-order valence-electron chi connectivity index (χ3n) is 3.03. The molecular formula is C17H19NO2S. The lowest BCUT2D eigenvalue weighted by molar-refractivity contribution is -0.122. The second kappa shape index (κ2) is 7.18. The number of nitrogens with one attached hydrogen (secondary N) is 1. The molecule has 0 radical (unpaired) electrons. The molecule has 0 bridgehead atoms. The summed E-state index contributed by atoms with van der Waals surface area (Å²) in [4.78, 5) is 13.3. The van der Waals surface area contributed by atoms with Gasteiger partial charge in [-0.05, 0) is 62.1 Å². The zero-order valence-corrected chi connectivity index (χ0v) is 13.2. The van der Waals surface area contributed by atoms with E-state index < -0.39 is 6.10 Å². The lowest BCUT2D eigenvalue weighted by Crippen LogP contribution is -2.30. The number of ether oxygens (including phenoxy) is 1. The first-order chi connectivity index (χ1) is 10.1. The van der Waals surface area contributed by atoms with Crippen molar-refractivity contribution >= 4 is 23.4 Å². The normalized spacial score (nSPS) is 11.8. The molecule has 0 saturated heterocycles. The van der Waals surface area contributed by atoms with Gasteiger partial charge in [0.05, 0.1) is 0 Å². The Balaban J connectivity index is 1.95. The van der Waals surface area contributed by atoms with E-state index in [0.29, 0.717) is 5.75 Å². The Hall–Kier alpha value is -1.94. The highest BCUT2D eigenvalue weighted by Crippen LogP contribution is 2.20. The number of aryl methyl sites for hydroxylation is 1. The standard InChI is InChI=1S/C17H19NO2S/c1-12-5-4-6-14(11-12)18-17(19)13(2)20-15-7-9-16(21-3)10-8-15/h4-11,13H,1-3H3,(H,18,19)/t13-/m0/s1. The lowest BCUT2D eigenvalue weighted by Gasteiger charge is -2.15. The Morgan fingerprint density at radius 2 is 1.90 bits per heavy atom. The van der Waals surface area contributed by atoms with Crippen LogP contribution in [0.1, 0.15) is 12.5 Å². The molecule has 110 valence electrons. The van der Waals surface area contributed by atoms with Gasteiger partial charge < -0.3 is 10.1 Å². The summed E-state index contributed by atoms with van der Waals surface area (Å²) in [6.07, 6.45) is 1.47. The number of hydrogen-bond acceptors (Lipinski definition) is 3. The molecule has 2 aromatic carbocycles. The van der Waals surface area contributed by atoms with Crippen LogP contribution in [-0.4, -0.2) is 18.3 Å². The van der Waals surface area contributed by atoms with E-state index in [9.17, 15) is 4.79 Å². The summed E-state index contributed by atoms with van der Waals surface area (Å²) in [5.74, 6) is 0.536. The van der Waals surface area contributed by atoms with Crippen LogP contribution in [-0.2, 0) is 4.79 Å². The van der Waals surface area contributed by atoms with E-state index in [2.05, 4.69) is 5.32 Å². The van der Waals surface area contributed by atoms with Crippen LogP contribution >= 0.6 is 11.8 Å². The molecule has 4 heteroatoms. The number of carbonyl (C=O) groups excluding carboxylic acids is 1.